The molecular formula is C23H29NO2S. The zero-order chi connectivity index (χ0) is 19.3. The van der Waals surface area contributed by atoms with E-state index in [0.717, 1.165) is 41.4 Å². The number of aryl methyl sites for hydroxylation is 2. The fourth-order valence-electron chi connectivity index (χ4n) is 3.55. The molecule has 3 rings (SSSR count). The number of unbranched alkanes of at least 4 members (excludes halogenated alkanes) is 5. The lowest BCUT2D eigenvalue weighted by atomic mass is 10.1. The SMILES string of the molecule is CCCCCCCCc1cc2ccccc2n1S(=O)(=O)c1ccc(C)cc1. The lowest BCUT2D eigenvalue weighted by molar-refractivity contribution is 0.581. The van der Waals surface area contributed by atoms with Gasteiger partial charge in [0.2, 0.25) is 0 Å². The first-order valence-electron chi connectivity index (χ1n) is 9.95. The van der Waals surface area contributed by atoms with E-state index in [9.17, 15) is 8.42 Å². The summed E-state index contributed by atoms with van der Waals surface area (Å²) in [6.07, 6.45) is 7.95. The molecule has 0 radical (unpaired) electrons. The van der Waals surface area contributed by atoms with Gasteiger partial charge in [-0.15, -0.1) is 0 Å². The summed E-state index contributed by atoms with van der Waals surface area (Å²) in [5.41, 5.74) is 2.70. The first-order valence-corrected chi connectivity index (χ1v) is 11.4. The van der Waals surface area contributed by atoms with Crippen LogP contribution in [0.1, 0.15) is 56.7 Å². The largest absolute Gasteiger partial charge is 0.268 e. The van der Waals surface area contributed by atoms with Gasteiger partial charge in [-0.1, -0.05) is 74.9 Å². The molecular weight excluding hydrogens is 354 g/mol. The van der Waals surface area contributed by atoms with Crippen molar-refractivity contribution in [3.63, 3.8) is 0 Å². The van der Waals surface area contributed by atoms with E-state index in [0.29, 0.717) is 4.90 Å². The van der Waals surface area contributed by atoms with Gasteiger partial charge in [0.15, 0.2) is 0 Å². The average Bonchev–Trinajstić information content (AvgIpc) is 3.04. The molecule has 4 heteroatoms. The Bertz CT molecular complexity index is 985. The van der Waals surface area contributed by atoms with Gasteiger partial charge < -0.3 is 0 Å². The minimum absolute atomic E-state index is 0.346. The third kappa shape index (κ3) is 4.44. The van der Waals surface area contributed by atoms with E-state index >= 15 is 0 Å². The predicted octanol–water partition coefficient (Wildman–Crippen LogP) is 6.09. The van der Waals surface area contributed by atoms with Crippen LogP contribution in [0.4, 0.5) is 0 Å². The number of aromatic nitrogens is 1. The van der Waals surface area contributed by atoms with Crippen molar-refractivity contribution in [1.29, 1.82) is 0 Å². The Morgan fingerprint density at radius 2 is 1.52 bits per heavy atom. The second-order valence-corrected chi connectivity index (χ2v) is 9.08. The smallest absolute Gasteiger partial charge is 0.238 e. The van der Waals surface area contributed by atoms with E-state index in [1.54, 1.807) is 16.1 Å². The van der Waals surface area contributed by atoms with Crippen LogP contribution in [0.3, 0.4) is 0 Å². The normalized spacial score (nSPS) is 11.9. The van der Waals surface area contributed by atoms with E-state index in [1.165, 1.54) is 25.7 Å². The van der Waals surface area contributed by atoms with Gasteiger partial charge in [0.1, 0.15) is 0 Å². The summed E-state index contributed by atoms with van der Waals surface area (Å²) >= 11 is 0. The molecule has 1 heterocycles. The molecule has 0 saturated heterocycles. The molecule has 0 N–H and O–H groups in total. The number of nitrogens with zero attached hydrogens (tertiary/aromatic N) is 1. The van der Waals surface area contributed by atoms with Crippen molar-refractivity contribution in [3.8, 4) is 0 Å². The maximum Gasteiger partial charge on any atom is 0.268 e. The molecule has 0 spiro atoms. The summed E-state index contributed by atoms with van der Waals surface area (Å²) in [6.45, 7) is 4.18. The molecule has 3 nitrogen and oxygen atoms in total. The topological polar surface area (TPSA) is 39.1 Å². The quantitative estimate of drug-likeness (QED) is 0.419. The molecule has 0 unspecified atom stereocenters. The maximum atomic E-state index is 13.4. The van der Waals surface area contributed by atoms with Crippen LogP contribution in [0, 0.1) is 6.92 Å². The predicted molar refractivity (Wildman–Crippen MR) is 113 cm³/mol. The van der Waals surface area contributed by atoms with Crippen LogP contribution in [0.2, 0.25) is 0 Å². The highest BCUT2D eigenvalue weighted by Gasteiger charge is 2.22. The number of hydrogen-bond donors (Lipinski definition) is 0. The third-order valence-electron chi connectivity index (χ3n) is 5.08. The monoisotopic (exact) mass is 383 g/mol. The Balaban J connectivity index is 1.92. The van der Waals surface area contributed by atoms with Gasteiger partial charge in [0.25, 0.3) is 10.0 Å². The van der Waals surface area contributed by atoms with Crippen molar-refractivity contribution < 1.29 is 8.42 Å². The number of para-hydroxylation sites is 1. The zero-order valence-corrected chi connectivity index (χ0v) is 17.1. The summed E-state index contributed by atoms with van der Waals surface area (Å²) in [7, 11) is -3.60. The Morgan fingerprint density at radius 3 is 2.26 bits per heavy atom. The molecule has 27 heavy (non-hydrogen) atoms. The van der Waals surface area contributed by atoms with Gasteiger partial charge in [-0.25, -0.2) is 12.4 Å². The van der Waals surface area contributed by atoms with Gasteiger partial charge in [-0.3, -0.25) is 0 Å². The molecule has 0 saturated carbocycles. The summed E-state index contributed by atoms with van der Waals surface area (Å²) in [4.78, 5) is 0.346. The minimum Gasteiger partial charge on any atom is -0.238 e. The van der Waals surface area contributed by atoms with Crippen molar-refractivity contribution >= 4 is 20.9 Å². The molecule has 1 aromatic heterocycles. The number of benzene rings is 2. The molecule has 144 valence electrons. The van der Waals surface area contributed by atoms with Crippen LogP contribution in [-0.4, -0.2) is 12.4 Å². The summed E-state index contributed by atoms with van der Waals surface area (Å²) < 4.78 is 28.3. The van der Waals surface area contributed by atoms with Crippen LogP contribution >= 0.6 is 0 Å². The molecule has 0 amide bonds. The number of rotatable bonds is 9. The van der Waals surface area contributed by atoms with Gasteiger partial charge >= 0.3 is 0 Å². The molecule has 0 bridgehead atoms. The minimum atomic E-state index is -3.60. The van der Waals surface area contributed by atoms with E-state index in [-0.39, 0.29) is 0 Å². The number of fused-ring (bicyclic) bond motifs is 1. The Morgan fingerprint density at radius 1 is 0.852 bits per heavy atom. The molecule has 0 aliphatic heterocycles. The van der Waals surface area contributed by atoms with Crippen LogP contribution in [0.25, 0.3) is 10.9 Å². The lowest BCUT2D eigenvalue weighted by Gasteiger charge is -2.12. The summed E-state index contributed by atoms with van der Waals surface area (Å²) in [5, 5.41) is 0.981. The van der Waals surface area contributed by atoms with Gasteiger partial charge in [-0.05, 0) is 44.0 Å². The van der Waals surface area contributed by atoms with Crippen LogP contribution in [-0.2, 0) is 16.4 Å². The lowest BCUT2D eigenvalue weighted by Crippen LogP contribution is -2.15. The highest BCUT2D eigenvalue weighted by molar-refractivity contribution is 7.90. The zero-order valence-electron chi connectivity index (χ0n) is 16.3. The summed E-state index contributed by atoms with van der Waals surface area (Å²) in [6, 6.07) is 16.9. The average molecular weight is 384 g/mol. The Labute approximate surface area is 163 Å². The van der Waals surface area contributed by atoms with E-state index in [1.807, 2.05) is 49.4 Å². The maximum absolute atomic E-state index is 13.4. The summed E-state index contributed by atoms with van der Waals surface area (Å²) in [5.74, 6) is 0. The number of hydrogen-bond acceptors (Lipinski definition) is 2. The van der Waals surface area contributed by atoms with E-state index in [2.05, 4.69) is 6.92 Å². The molecule has 0 aliphatic carbocycles. The van der Waals surface area contributed by atoms with Crippen LogP contribution in [0.5, 0.6) is 0 Å². The van der Waals surface area contributed by atoms with E-state index < -0.39 is 10.0 Å². The van der Waals surface area contributed by atoms with Gasteiger partial charge in [0, 0.05) is 11.1 Å². The Hall–Kier alpha value is -2.07. The van der Waals surface area contributed by atoms with Gasteiger partial charge in [-0.2, -0.15) is 0 Å². The van der Waals surface area contributed by atoms with Crippen molar-refractivity contribution in [2.24, 2.45) is 0 Å². The van der Waals surface area contributed by atoms with Gasteiger partial charge in [0.05, 0.1) is 10.4 Å². The Kier molecular flexibility index (Phi) is 6.38. The second-order valence-electron chi connectivity index (χ2n) is 7.29. The standard InChI is InChI=1S/C23H29NO2S/c1-3-4-5-6-7-8-12-21-18-20-11-9-10-13-23(20)24(21)27(25,26)22-16-14-19(2)15-17-22/h9-11,13-18H,3-8,12H2,1-2H3. The highest BCUT2D eigenvalue weighted by atomic mass is 32.2. The fourth-order valence-corrected chi connectivity index (χ4v) is 5.12. The molecule has 0 fully saturated rings. The van der Waals surface area contributed by atoms with Crippen molar-refractivity contribution in [1.82, 2.24) is 3.97 Å². The molecule has 3 aromatic rings. The van der Waals surface area contributed by atoms with E-state index in [4.69, 9.17) is 0 Å². The first-order chi connectivity index (χ1) is 13.0. The molecule has 0 atom stereocenters. The van der Waals surface area contributed by atoms with Crippen molar-refractivity contribution in [2.45, 2.75) is 63.7 Å². The van der Waals surface area contributed by atoms with Crippen molar-refractivity contribution in [2.75, 3.05) is 0 Å². The fraction of sp³-hybridized carbons (Fsp3) is 0.391. The third-order valence-corrected chi connectivity index (χ3v) is 6.86. The molecule has 0 aliphatic rings. The highest BCUT2D eigenvalue weighted by Crippen LogP contribution is 2.27. The second kappa shape index (κ2) is 8.75. The van der Waals surface area contributed by atoms with Crippen LogP contribution in [0.15, 0.2) is 59.5 Å². The van der Waals surface area contributed by atoms with Crippen LogP contribution < -0.4 is 0 Å². The van der Waals surface area contributed by atoms with Crippen molar-refractivity contribution in [3.05, 3.63) is 65.9 Å². The molecule has 2 aromatic carbocycles. The first kappa shape index (κ1) is 19.7.